The minimum Gasteiger partial charge on any atom is -0.378 e. The van der Waals surface area contributed by atoms with Crippen LogP contribution in [-0.2, 0) is 22.5 Å². The molecule has 7 heteroatoms. The maximum atomic E-state index is 12.7. The molecule has 1 saturated heterocycles. The van der Waals surface area contributed by atoms with Crippen LogP contribution in [0.4, 0.5) is 11.6 Å². The van der Waals surface area contributed by atoms with E-state index in [0.29, 0.717) is 38.7 Å². The smallest absolute Gasteiger partial charge is 0.255 e. The summed E-state index contributed by atoms with van der Waals surface area (Å²) in [5, 5.41) is 2.94. The second kappa shape index (κ2) is 8.35. The summed E-state index contributed by atoms with van der Waals surface area (Å²) in [5.41, 5.74) is 3.29. The molecular weight excluding hydrogens is 344 g/mol. The third kappa shape index (κ3) is 4.36. The predicted molar refractivity (Wildman–Crippen MR) is 105 cm³/mol. The largest absolute Gasteiger partial charge is 0.378 e. The number of nitrogens with zero attached hydrogens (tertiary/aromatic N) is 3. The van der Waals surface area contributed by atoms with Gasteiger partial charge in [0.05, 0.1) is 13.2 Å². The first kappa shape index (κ1) is 19.1. The van der Waals surface area contributed by atoms with Crippen LogP contribution in [0.25, 0.3) is 0 Å². The fourth-order valence-corrected chi connectivity index (χ4v) is 3.21. The van der Waals surface area contributed by atoms with Crippen molar-refractivity contribution in [2.75, 3.05) is 36.5 Å². The number of amides is 1. The van der Waals surface area contributed by atoms with Gasteiger partial charge in [-0.15, -0.1) is 0 Å². The fourth-order valence-electron chi connectivity index (χ4n) is 3.21. The van der Waals surface area contributed by atoms with Crippen LogP contribution < -0.4 is 15.8 Å². The summed E-state index contributed by atoms with van der Waals surface area (Å²) in [5.74, 6) is 0.300. The van der Waals surface area contributed by atoms with E-state index in [4.69, 9.17) is 4.74 Å². The van der Waals surface area contributed by atoms with Crippen molar-refractivity contribution in [1.29, 1.82) is 0 Å². The molecule has 1 aliphatic heterocycles. The van der Waals surface area contributed by atoms with Crippen molar-refractivity contribution in [3.8, 4) is 0 Å². The number of nitrogens with one attached hydrogen (secondary N) is 1. The number of morpholine rings is 1. The Morgan fingerprint density at radius 1 is 1.22 bits per heavy atom. The highest BCUT2D eigenvalue weighted by Gasteiger charge is 2.20. The average molecular weight is 370 g/mol. The highest BCUT2D eigenvalue weighted by Crippen LogP contribution is 2.20. The molecule has 1 aliphatic rings. The second-order valence-corrected chi connectivity index (χ2v) is 6.74. The molecule has 0 radical (unpaired) electrons. The van der Waals surface area contributed by atoms with E-state index in [1.807, 2.05) is 43.9 Å². The van der Waals surface area contributed by atoms with E-state index in [9.17, 15) is 9.59 Å². The Labute approximate surface area is 159 Å². The van der Waals surface area contributed by atoms with Gasteiger partial charge in [0.25, 0.3) is 5.56 Å². The van der Waals surface area contributed by atoms with Crippen molar-refractivity contribution in [2.45, 2.75) is 33.7 Å². The Morgan fingerprint density at radius 2 is 1.89 bits per heavy atom. The molecule has 3 rings (SSSR count). The Hall–Kier alpha value is -2.67. The molecule has 2 aromatic rings. The lowest BCUT2D eigenvalue weighted by atomic mass is 10.1. The van der Waals surface area contributed by atoms with E-state index in [1.165, 1.54) is 10.6 Å². The van der Waals surface area contributed by atoms with Crippen LogP contribution >= 0.6 is 0 Å². The first-order valence-corrected chi connectivity index (χ1v) is 9.29. The number of ether oxygens (including phenoxy) is 1. The van der Waals surface area contributed by atoms with Crippen molar-refractivity contribution in [2.24, 2.45) is 0 Å². The van der Waals surface area contributed by atoms with Gasteiger partial charge in [0.15, 0.2) is 0 Å². The number of carbonyl (C=O) groups is 1. The summed E-state index contributed by atoms with van der Waals surface area (Å²) in [6.07, 6.45) is 0.669. The van der Waals surface area contributed by atoms with Gasteiger partial charge >= 0.3 is 0 Å². The van der Waals surface area contributed by atoms with Crippen LogP contribution in [0.5, 0.6) is 0 Å². The Kier molecular flexibility index (Phi) is 5.91. The molecule has 1 amide bonds. The number of aromatic nitrogens is 2. The van der Waals surface area contributed by atoms with Gasteiger partial charge in [0.1, 0.15) is 6.54 Å². The number of rotatable bonds is 5. The highest BCUT2D eigenvalue weighted by atomic mass is 16.5. The second-order valence-electron chi connectivity index (χ2n) is 6.74. The van der Waals surface area contributed by atoms with Crippen molar-refractivity contribution in [1.82, 2.24) is 9.55 Å². The molecule has 1 aromatic heterocycles. The molecule has 0 aliphatic carbocycles. The zero-order valence-electron chi connectivity index (χ0n) is 16.1. The molecule has 0 spiro atoms. The standard InChI is InChI=1S/C20H26N4O3/c1-4-16-12-18(26)24(20(21-16)23-8-10-27-11-9-23)13-17(25)22-19-14(2)6-5-7-15(19)3/h5-7,12H,4,8-11,13H2,1-3H3,(H,22,25). The van der Waals surface area contributed by atoms with Crippen LogP contribution in [0.2, 0.25) is 0 Å². The molecule has 0 bridgehead atoms. The molecule has 0 saturated carbocycles. The van der Waals surface area contributed by atoms with Crippen LogP contribution in [0.15, 0.2) is 29.1 Å². The molecule has 7 nitrogen and oxygen atoms in total. The Balaban J connectivity index is 1.89. The minimum atomic E-state index is -0.241. The summed E-state index contributed by atoms with van der Waals surface area (Å²) in [6, 6.07) is 7.36. The number of benzene rings is 1. The lowest BCUT2D eigenvalue weighted by molar-refractivity contribution is -0.116. The third-order valence-electron chi connectivity index (χ3n) is 4.74. The van der Waals surface area contributed by atoms with E-state index in [0.717, 1.165) is 22.5 Å². The van der Waals surface area contributed by atoms with Gasteiger partial charge in [-0.05, 0) is 31.4 Å². The summed E-state index contributed by atoms with van der Waals surface area (Å²) in [6.45, 7) is 8.26. The van der Waals surface area contributed by atoms with Gasteiger partial charge in [-0.2, -0.15) is 0 Å². The summed E-state index contributed by atoms with van der Waals surface area (Å²) in [4.78, 5) is 32.0. The number of aryl methyl sites for hydroxylation is 3. The molecule has 0 atom stereocenters. The van der Waals surface area contributed by atoms with Gasteiger partial charge in [-0.25, -0.2) is 4.98 Å². The zero-order chi connectivity index (χ0) is 19.4. The fraction of sp³-hybridized carbons (Fsp3) is 0.450. The molecule has 27 heavy (non-hydrogen) atoms. The highest BCUT2D eigenvalue weighted by molar-refractivity contribution is 5.92. The Bertz CT molecular complexity index is 865. The van der Waals surface area contributed by atoms with Gasteiger partial charge < -0.3 is 15.0 Å². The van der Waals surface area contributed by atoms with E-state index < -0.39 is 0 Å². The normalized spacial score (nSPS) is 14.3. The molecule has 1 N–H and O–H groups in total. The lowest BCUT2D eigenvalue weighted by Gasteiger charge is -2.29. The summed E-state index contributed by atoms with van der Waals surface area (Å²) in [7, 11) is 0. The van der Waals surface area contributed by atoms with Gasteiger partial charge in [0.2, 0.25) is 11.9 Å². The summed E-state index contributed by atoms with van der Waals surface area (Å²) >= 11 is 0. The molecule has 0 unspecified atom stereocenters. The molecule has 144 valence electrons. The van der Waals surface area contributed by atoms with Crippen molar-refractivity contribution in [3.63, 3.8) is 0 Å². The molecule has 1 aromatic carbocycles. The van der Waals surface area contributed by atoms with Crippen LogP contribution in [0.1, 0.15) is 23.7 Å². The predicted octanol–water partition coefficient (Wildman–Crippen LogP) is 1.90. The monoisotopic (exact) mass is 370 g/mol. The first-order valence-electron chi connectivity index (χ1n) is 9.29. The SMILES string of the molecule is CCc1cc(=O)n(CC(=O)Nc2c(C)cccc2C)c(N2CCOCC2)n1. The number of para-hydroxylation sites is 1. The quantitative estimate of drug-likeness (QED) is 0.870. The van der Waals surface area contributed by atoms with Crippen molar-refractivity contribution >= 4 is 17.5 Å². The minimum absolute atomic E-state index is 0.0731. The van der Waals surface area contributed by atoms with Gasteiger partial charge in [-0.3, -0.25) is 14.2 Å². The zero-order valence-corrected chi connectivity index (χ0v) is 16.1. The van der Waals surface area contributed by atoms with Crippen molar-refractivity contribution in [3.05, 3.63) is 51.4 Å². The van der Waals surface area contributed by atoms with Crippen molar-refractivity contribution < 1.29 is 9.53 Å². The van der Waals surface area contributed by atoms with Gasteiger partial charge in [0, 0.05) is 30.5 Å². The lowest BCUT2D eigenvalue weighted by Crippen LogP contribution is -2.42. The van der Waals surface area contributed by atoms with E-state index in [1.54, 1.807) is 0 Å². The molecule has 2 heterocycles. The first-order chi connectivity index (χ1) is 13.0. The van der Waals surface area contributed by atoms with Crippen LogP contribution in [-0.4, -0.2) is 41.8 Å². The number of carbonyl (C=O) groups excluding carboxylic acids is 1. The summed E-state index contributed by atoms with van der Waals surface area (Å²) < 4.78 is 6.85. The number of hydrogen-bond donors (Lipinski definition) is 1. The third-order valence-corrected chi connectivity index (χ3v) is 4.74. The Morgan fingerprint density at radius 3 is 2.52 bits per heavy atom. The average Bonchev–Trinajstić information content (AvgIpc) is 2.67. The van der Waals surface area contributed by atoms with E-state index in [2.05, 4.69) is 10.3 Å². The number of hydrogen-bond acceptors (Lipinski definition) is 5. The maximum Gasteiger partial charge on any atom is 0.255 e. The topological polar surface area (TPSA) is 76.5 Å². The molecule has 1 fully saturated rings. The molecular formula is C20H26N4O3. The van der Waals surface area contributed by atoms with Gasteiger partial charge in [-0.1, -0.05) is 25.1 Å². The van der Waals surface area contributed by atoms with Crippen LogP contribution in [0, 0.1) is 13.8 Å². The van der Waals surface area contributed by atoms with Crippen LogP contribution in [0.3, 0.4) is 0 Å². The maximum absolute atomic E-state index is 12.7. The van der Waals surface area contributed by atoms with E-state index >= 15 is 0 Å². The number of anilines is 2. The van der Waals surface area contributed by atoms with E-state index in [-0.39, 0.29) is 18.0 Å².